The van der Waals surface area contributed by atoms with Gasteiger partial charge in [-0.15, -0.1) is 0 Å². The molecule has 0 fully saturated rings. The van der Waals surface area contributed by atoms with E-state index in [-0.39, 0.29) is 5.56 Å². The number of aromatic nitrogens is 2. The number of benzene rings is 2. The number of ether oxygens (including phenoxy) is 1. The fraction of sp³-hybridized carbons (Fsp3) is 0.0667. The molecule has 6 heteroatoms. The number of imidazole rings is 1. The summed E-state index contributed by atoms with van der Waals surface area (Å²) in [5.74, 6) is 0.0781. The van der Waals surface area contributed by atoms with E-state index in [1.165, 1.54) is 6.07 Å². The third kappa shape index (κ3) is 2.08. The Morgan fingerprint density at radius 1 is 1.33 bits per heavy atom. The van der Waals surface area contributed by atoms with Gasteiger partial charge in [-0.25, -0.2) is 4.39 Å². The number of aromatic amines is 1. The minimum Gasteiger partial charge on any atom is -0.497 e. The molecule has 3 aromatic rings. The predicted octanol–water partition coefficient (Wildman–Crippen LogP) is 3.71. The minimum atomic E-state index is -0.575. The van der Waals surface area contributed by atoms with Gasteiger partial charge in [-0.1, -0.05) is 6.07 Å². The van der Waals surface area contributed by atoms with E-state index < -0.39 is 5.82 Å². The summed E-state index contributed by atoms with van der Waals surface area (Å²) in [4.78, 5) is 3.04. The van der Waals surface area contributed by atoms with Crippen LogP contribution in [0.4, 0.5) is 4.39 Å². The van der Waals surface area contributed by atoms with Gasteiger partial charge >= 0.3 is 0 Å². The zero-order chi connectivity index (χ0) is 15.0. The third-order valence-corrected chi connectivity index (χ3v) is 3.52. The van der Waals surface area contributed by atoms with Crippen molar-refractivity contribution in [2.45, 2.75) is 0 Å². The summed E-state index contributed by atoms with van der Waals surface area (Å²) >= 11 is 5.30. The fourth-order valence-electron chi connectivity index (χ4n) is 2.26. The predicted molar refractivity (Wildman–Crippen MR) is 79.7 cm³/mol. The van der Waals surface area contributed by atoms with Crippen LogP contribution < -0.4 is 4.74 Å². The molecular weight excluding hydrogens is 289 g/mol. The molecule has 0 aliphatic rings. The van der Waals surface area contributed by atoms with E-state index in [1.54, 1.807) is 35.9 Å². The van der Waals surface area contributed by atoms with Gasteiger partial charge in [0.25, 0.3) is 0 Å². The Balaban J connectivity index is 2.41. The number of fused-ring (bicyclic) bond motifs is 1. The standard InChI is InChI=1S/C15H10FN3OS/c1-20-9-5-6-12-14(7-9)19(15(21)18-12)13-4-2-3-11(16)10(13)8-17/h2-7H,1H3,(H,18,21). The largest absolute Gasteiger partial charge is 0.497 e. The lowest BCUT2D eigenvalue weighted by Gasteiger charge is -2.08. The lowest BCUT2D eigenvalue weighted by Crippen LogP contribution is -2.00. The van der Waals surface area contributed by atoms with Gasteiger partial charge in [0.2, 0.25) is 0 Å². The lowest BCUT2D eigenvalue weighted by atomic mass is 10.1. The molecule has 1 heterocycles. The summed E-state index contributed by atoms with van der Waals surface area (Å²) in [6.45, 7) is 0. The van der Waals surface area contributed by atoms with Gasteiger partial charge in [0.15, 0.2) is 4.77 Å². The van der Waals surface area contributed by atoms with Crippen LogP contribution >= 0.6 is 12.2 Å². The number of hydrogen-bond acceptors (Lipinski definition) is 3. The maximum Gasteiger partial charge on any atom is 0.182 e. The van der Waals surface area contributed by atoms with Crippen molar-refractivity contribution < 1.29 is 9.13 Å². The maximum atomic E-state index is 13.8. The molecule has 0 radical (unpaired) electrons. The number of H-pyrrole nitrogens is 1. The second kappa shape index (κ2) is 5.04. The summed E-state index contributed by atoms with van der Waals surface area (Å²) in [5.41, 5.74) is 1.87. The van der Waals surface area contributed by atoms with Gasteiger partial charge in [-0.2, -0.15) is 5.26 Å². The van der Waals surface area contributed by atoms with E-state index in [0.29, 0.717) is 16.2 Å². The average molecular weight is 299 g/mol. The molecule has 21 heavy (non-hydrogen) atoms. The van der Waals surface area contributed by atoms with Crippen LogP contribution in [0.3, 0.4) is 0 Å². The zero-order valence-electron chi connectivity index (χ0n) is 11.1. The van der Waals surface area contributed by atoms with E-state index in [1.807, 2.05) is 12.1 Å². The first kappa shape index (κ1) is 13.3. The second-order valence-corrected chi connectivity index (χ2v) is 4.78. The Morgan fingerprint density at radius 3 is 2.86 bits per heavy atom. The van der Waals surface area contributed by atoms with Gasteiger partial charge < -0.3 is 9.72 Å². The summed E-state index contributed by atoms with van der Waals surface area (Å²) in [6.07, 6.45) is 0. The van der Waals surface area contributed by atoms with Crippen molar-refractivity contribution in [2.75, 3.05) is 7.11 Å². The highest BCUT2D eigenvalue weighted by Gasteiger charge is 2.14. The second-order valence-electron chi connectivity index (χ2n) is 4.39. The number of hydrogen-bond donors (Lipinski definition) is 1. The van der Waals surface area contributed by atoms with Crippen LogP contribution in [0.15, 0.2) is 36.4 Å². The minimum absolute atomic E-state index is 0.0441. The van der Waals surface area contributed by atoms with E-state index in [2.05, 4.69) is 4.98 Å². The van der Waals surface area contributed by atoms with Crippen LogP contribution in [0.5, 0.6) is 5.75 Å². The number of nitriles is 1. The Kier molecular flexibility index (Phi) is 3.20. The molecule has 3 rings (SSSR count). The smallest absolute Gasteiger partial charge is 0.182 e. The van der Waals surface area contributed by atoms with Crippen LogP contribution in [0.1, 0.15) is 5.56 Å². The highest BCUT2D eigenvalue weighted by molar-refractivity contribution is 7.71. The summed E-state index contributed by atoms with van der Waals surface area (Å²) < 4.78 is 21.0. The molecule has 0 amide bonds. The highest BCUT2D eigenvalue weighted by Crippen LogP contribution is 2.26. The van der Waals surface area contributed by atoms with Crippen molar-refractivity contribution in [1.82, 2.24) is 9.55 Å². The normalized spacial score (nSPS) is 10.5. The van der Waals surface area contributed by atoms with Crippen molar-refractivity contribution in [3.8, 4) is 17.5 Å². The summed E-state index contributed by atoms with van der Waals surface area (Å²) in [7, 11) is 1.57. The number of halogens is 1. The highest BCUT2D eigenvalue weighted by atomic mass is 32.1. The van der Waals surface area contributed by atoms with Crippen molar-refractivity contribution in [3.05, 3.63) is 52.5 Å². The molecule has 2 aromatic carbocycles. The first-order valence-electron chi connectivity index (χ1n) is 6.13. The molecular formula is C15H10FN3OS. The van der Waals surface area contributed by atoms with Gasteiger partial charge in [-0.05, 0) is 36.5 Å². The molecule has 0 aliphatic heterocycles. The Morgan fingerprint density at radius 2 is 2.14 bits per heavy atom. The monoisotopic (exact) mass is 299 g/mol. The van der Waals surface area contributed by atoms with Crippen molar-refractivity contribution in [1.29, 1.82) is 5.26 Å². The Labute approximate surface area is 125 Å². The molecule has 0 saturated carbocycles. The molecule has 0 atom stereocenters. The van der Waals surface area contributed by atoms with E-state index in [0.717, 1.165) is 11.0 Å². The molecule has 1 aromatic heterocycles. The van der Waals surface area contributed by atoms with E-state index in [4.69, 9.17) is 17.0 Å². The fourth-order valence-corrected chi connectivity index (χ4v) is 2.57. The lowest BCUT2D eigenvalue weighted by molar-refractivity contribution is 0.415. The molecule has 4 nitrogen and oxygen atoms in total. The molecule has 0 spiro atoms. The average Bonchev–Trinajstić information content (AvgIpc) is 2.81. The molecule has 0 saturated heterocycles. The van der Waals surface area contributed by atoms with Crippen LogP contribution in [0.25, 0.3) is 16.7 Å². The topological polar surface area (TPSA) is 53.7 Å². The van der Waals surface area contributed by atoms with E-state index in [9.17, 15) is 9.65 Å². The Hall–Kier alpha value is -2.65. The van der Waals surface area contributed by atoms with Crippen LogP contribution in [0.2, 0.25) is 0 Å². The zero-order valence-corrected chi connectivity index (χ0v) is 11.9. The third-order valence-electron chi connectivity index (χ3n) is 3.23. The molecule has 0 aliphatic carbocycles. The molecule has 0 unspecified atom stereocenters. The van der Waals surface area contributed by atoms with Gasteiger partial charge in [0.05, 0.1) is 23.8 Å². The Bertz CT molecular complexity index is 936. The summed E-state index contributed by atoms with van der Waals surface area (Å²) in [6, 6.07) is 11.8. The molecule has 104 valence electrons. The summed E-state index contributed by atoms with van der Waals surface area (Å²) in [5, 5.41) is 9.19. The molecule has 0 bridgehead atoms. The number of nitrogens with one attached hydrogen (secondary N) is 1. The number of methoxy groups -OCH3 is 1. The first-order valence-corrected chi connectivity index (χ1v) is 6.54. The first-order chi connectivity index (χ1) is 10.2. The van der Waals surface area contributed by atoms with Crippen LogP contribution in [-0.4, -0.2) is 16.7 Å². The molecule has 1 N–H and O–H groups in total. The van der Waals surface area contributed by atoms with Gasteiger partial charge in [0, 0.05) is 6.07 Å². The number of nitrogens with zero attached hydrogens (tertiary/aromatic N) is 2. The van der Waals surface area contributed by atoms with Crippen LogP contribution in [-0.2, 0) is 0 Å². The van der Waals surface area contributed by atoms with E-state index >= 15 is 0 Å². The SMILES string of the molecule is COc1ccc2[nH]c(=S)n(-c3cccc(F)c3C#N)c2c1. The van der Waals surface area contributed by atoms with Crippen molar-refractivity contribution in [3.63, 3.8) is 0 Å². The maximum absolute atomic E-state index is 13.8. The van der Waals surface area contributed by atoms with Gasteiger partial charge in [-0.3, -0.25) is 4.57 Å². The number of rotatable bonds is 2. The van der Waals surface area contributed by atoms with Crippen molar-refractivity contribution in [2.24, 2.45) is 0 Å². The van der Waals surface area contributed by atoms with Gasteiger partial charge in [0.1, 0.15) is 23.2 Å². The van der Waals surface area contributed by atoms with Crippen molar-refractivity contribution >= 4 is 23.3 Å². The quantitative estimate of drug-likeness (QED) is 0.734. The van der Waals surface area contributed by atoms with Crippen LogP contribution in [0, 0.1) is 21.9 Å².